The van der Waals surface area contributed by atoms with E-state index in [4.69, 9.17) is 0 Å². The lowest BCUT2D eigenvalue weighted by molar-refractivity contribution is -0.137. The smallest absolute Gasteiger partial charge is 0.244 e. The summed E-state index contributed by atoms with van der Waals surface area (Å²) in [5.74, 6) is 0.418. The predicted octanol–water partition coefficient (Wildman–Crippen LogP) is 5.95. The van der Waals surface area contributed by atoms with Gasteiger partial charge >= 0.3 is 0 Å². The van der Waals surface area contributed by atoms with Crippen LogP contribution in [-0.2, 0) is 4.79 Å². The Morgan fingerprint density at radius 2 is 1.72 bits per heavy atom. The van der Waals surface area contributed by atoms with Gasteiger partial charge in [-0.3, -0.25) is 9.69 Å². The molecule has 1 saturated heterocycles. The first-order valence-electron chi connectivity index (χ1n) is 13.1. The molecule has 194 valence electrons. The number of thioether (sulfide) groups is 1. The zero-order chi connectivity index (χ0) is 25.8. The van der Waals surface area contributed by atoms with Crippen molar-refractivity contribution in [3.8, 4) is 0 Å². The molecule has 7 heteroatoms. The van der Waals surface area contributed by atoms with E-state index >= 15 is 4.39 Å². The number of rotatable bonds is 8. The molecule has 2 heterocycles. The van der Waals surface area contributed by atoms with Gasteiger partial charge in [0.2, 0.25) is 5.91 Å². The largest absolute Gasteiger partial charge is 0.367 e. The molecular weight excluding hydrogens is 471 g/mol. The number of carbonyl (C=O) groups excluding carboxylic acids is 1. The summed E-state index contributed by atoms with van der Waals surface area (Å²) in [5.41, 5.74) is 2.54. The molecule has 2 aliphatic heterocycles. The lowest BCUT2D eigenvalue weighted by Crippen LogP contribution is -2.52. The van der Waals surface area contributed by atoms with E-state index in [1.54, 1.807) is 6.07 Å². The van der Waals surface area contributed by atoms with Crippen LogP contribution in [0.15, 0.2) is 59.6 Å². The Morgan fingerprint density at radius 1 is 1.06 bits per heavy atom. The minimum absolute atomic E-state index is 0.140. The fourth-order valence-corrected chi connectivity index (χ4v) is 6.22. The summed E-state index contributed by atoms with van der Waals surface area (Å²) in [6, 6.07) is 15.3. The Bertz CT molecular complexity index is 1060. The van der Waals surface area contributed by atoms with E-state index in [0.717, 1.165) is 11.3 Å². The SMILES string of the molecule is CCN(CC)C(=O)C(c1ccccc1)N1CCN(c2ccc(N3C=C(C(C)C)SC3C)cc2F)CC1. The average Bonchev–Trinajstić information content (AvgIpc) is 3.28. The van der Waals surface area contributed by atoms with Crippen molar-refractivity contribution in [1.29, 1.82) is 0 Å². The van der Waals surface area contributed by atoms with Crippen molar-refractivity contribution in [3.63, 3.8) is 0 Å². The van der Waals surface area contributed by atoms with Crippen LogP contribution >= 0.6 is 11.8 Å². The van der Waals surface area contributed by atoms with Crippen LogP contribution in [0.3, 0.4) is 0 Å². The predicted molar refractivity (Wildman–Crippen MR) is 150 cm³/mol. The van der Waals surface area contributed by atoms with Crippen molar-refractivity contribution >= 4 is 29.0 Å². The summed E-state index contributed by atoms with van der Waals surface area (Å²) in [7, 11) is 0. The molecule has 2 atom stereocenters. The van der Waals surface area contributed by atoms with Crippen molar-refractivity contribution in [2.24, 2.45) is 5.92 Å². The molecule has 0 bridgehead atoms. The number of halogens is 1. The second kappa shape index (κ2) is 11.7. The second-order valence-corrected chi connectivity index (χ2v) is 11.2. The van der Waals surface area contributed by atoms with Gasteiger partial charge in [-0.2, -0.15) is 0 Å². The lowest BCUT2D eigenvalue weighted by Gasteiger charge is -2.41. The highest BCUT2D eigenvalue weighted by Gasteiger charge is 2.33. The highest BCUT2D eigenvalue weighted by atomic mass is 32.2. The van der Waals surface area contributed by atoms with Crippen LogP contribution in [0, 0.1) is 11.7 Å². The summed E-state index contributed by atoms with van der Waals surface area (Å²) >= 11 is 1.84. The number of hydrogen-bond acceptors (Lipinski definition) is 5. The molecular formula is C29H39FN4OS. The minimum Gasteiger partial charge on any atom is -0.367 e. The van der Waals surface area contributed by atoms with Crippen LogP contribution in [0.4, 0.5) is 15.8 Å². The molecule has 36 heavy (non-hydrogen) atoms. The van der Waals surface area contributed by atoms with Crippen molar-refractivity contribution in [2.75, 3.05) is 49.1 Å². The van der Waals surface area contributed by atoms with Gasteiger partial charge in [0.1, 0.15) is 11.9 Å². The summed E-state index contributed by atoms with van der Waals surface area (Å²) in [4.78, 5) is 23.2. The zero-order valence-electron chi connectivity index (χ0n) is 22.2. The number of benzene rings is 2. The van der Waals surface area contributed by atoms with E-state index in [9.17, 15) is 4.79 Å². The van der Waals surface area contributed by atoms with E-state index in [1.807, 2.05) is 73.0 Å². The molecule has 0 aromatic heterocycles. The van der Waals surface area contributed by atoms with E-state index in [2.05, 4.69) is 41.7 Å². The number of carbonyl (C=O) groups is 1. The van der Waals surface area contributed by atoms with Gasteiger partial charge in [0, 0.05) is 56.1 Å². The van der Waals surface area contributed by atoms with Gasteiger partial charge in [0.15, 0.2) is 0 Å². The molecule has 5 nitrogen and oxygen atoms in total. The summed E-state index contributed by atoms with van der Waals surface area (Å²) in [5, 5.41) is 0.259. The third-order valence-corrected chi connectivity index (χ3v) is 8.62. The topological polar surface area (TPSA) is 30.0 Å². The molecule has 0 aliphatic carbocycles. The third-order valence-electron chi connectivity index (χ3n) is 7.21. The van der Waals surface area contributed by atoms with Crippen molar-refractivity contribution < 1.29 is 9.18 Å². The monoisotopic (exact) mass is 510 g/mol. The van der Waals surface area contributed by atoms with Gasteiger partial charge in [-0.25, -0.2) is 4.39 Å². The quantitative estimate of drug-likeness (QED) is 0.438. The highest BCUT2D eigenvalue weighted by molar-refractivity contribution is 8.04. The molecule has 1 fully saturated rings. The molecule has 2 unspecified atom stereocenters. The van der Waals surface area contributed by atoms with Crippen molar-refractivity contribution in [2.45, 2.75) is 46.0 Å². The van der Waals surface area contributed by atoms with Gasteiger partial charge in [-0.15, -0.1) is 11.8 Å². The Kier molecular flexibility index (Phi) is 8.62. The number of allylic oxidation sites excluding steroid dienone is 1. The maximum absolute atomic E-state index is 15.3. The molecule has 0 spiro atoms. The molecule has 1 amide bonds. The van der Waals surface area contributed by atoms with Gasteiger partial charge in [0.25, 0.3) is 0 Å². The minimum atomic E-state index is -0.309. The van der Waals surface area contributed by atoms with E-state index in [0.29, 0.717) is 50.9 Å². The fourth-order valence-electron chi connectivity index (χ4n) is 5.08. The van der Waals surface area contributed by atoms with Crippen LogP contribution in [0.25, 0.3) is 0 Å². The maximum Gasteiger partial charge on any atom is 0.244 e. The van der Waals surface area contributed by atoms with Gasteiger partial charge in [-0.05, 0) is 50.5 Å². The lowest BCUT2D eigenvalue weighted by atomic mass is 10.0. The number of hydrogen-bond donors (Lipinski definition) is 0. The normalized spacial score (nSPS) is 19.5. The van der Waals surface area contributed by atoms with Gasteiger partial charge in [-0.1, -0.05) is 44.2 Å². The number of amides is 1. The Balaban J connectivity index is 1.48. The fraction of sp³-hybridized carbons (Fsp3) is 0.483. The first-order chi connectivity index (χ1) is 17.3. The van der Waals surface area contributed by atoms with Crippen LogP contribution in [0.1, 0.15) is 46.2 Å². The molecule has 0 saturated carbocycles. The molecule has 0 radical (unpaired) electrons. The van der Waals surface area contributed by atoms with Crippen LogP contribution in [0.5, 0.6) is 0 Å². The Labute approximate surface area is 219 Å². The zero-order valence-corrected chi connectivity index (χ0v) is 23.0. The first-order valence-corrected chi connectivity index (χ1v) is 14.0. The summed E-state index contributed by atoms with van der Waals surface area (Å²) in [6.45, 7) is 14.7. The van der Waals surface area contributed by atoms with E-state index < -0.39 is 0 Å². The van der Waals surface area contributed by atoms with Crippen LogP contribution in [0.2, 0.25) is 0 Å². The molecule has 2 aliphatic rings. The first kappa shape index (κ1) is 26.6. The van der Waals surface area contributed by atoms with Crippen molar-refractivity contribution in [1.82, 2.24) is 9.80 Å². The van der Waals surface area contributed by atoms with Crippen molar-refractivity contribution in [3.05, 3.63) is 71.0 Å². The molecule has 4 rings (SSSR count). The van der Waals surface area contributed by atoms with E-state index in [-0.39, 0.29) is 23.1 Å². The molecule has 2 aromatic rings. The third kappa shape index (κ3) is 5.57. The van der Waals surface area contributed by atoms with Crippen LogP contribution in [-0.4, -0.2) is 60.3 Å². The average molecular weight is 511 g/mol. The Hall–Kier alpha value is -2.51. The Morgan fingerprint density at radius 3 is 2.28 bits per heavy atom. The summed E-state index contributed by atoms with van der Waals surface area (Å²) in [6.07, 6.45) is 2.16. The van der Waals surface area contributed by atoms with Gasteiger partial charge in [0.05, 0.1) is 11.1 Å². The summed E-state index contributed by atoms with van der Waals surface area (Å²) < 4.78 is 15.3. The van der Waals surface area contributed by atoms with Crippen LogP contribution < -0.4 is 9.80 Å². The number of likely N-dealkylation sites (N-methyl/N-ethyl adjacent to an activating group) is 1. The second-order valence-electron chi connectivity index (χ2n) is 9.79. The number of nitrogens with zero attached hydrogens (tertiary/aromatic N) is 4. The molecule has 0 N–H and O–H groups in total. The van der Waals surface area contributed by atoms with Gasteiger partial charge < -0.3 is 14.7 Å². The van der Waals surface area contributed by atoms with E-state index in [1.165, 1.54) is 4.91 Å². The molecule has 2 aromatic carbocycles. The maximum atomic E-state index is 15.3. The number of anilines is 2. The highest BCUT2D eigenvalue weighted by Crippen LogP contribution is 2.40. The number of piperazine rings is 1. The standard InChI is InChI=1S/C29H39FN4OS/c1-6-31(7-2)29(35)28(23-11-9-8-10-12-23)33-17-15-32(16-18-33)26-14-13-24(19-25(26)30)34-20-27(21(3)4)36-22(34)5/h8-14,19-22,28H,6-7,15-18H2,1-5H3.